The third-order valence-corrected chi connectivity index (χ3v) is 5.43. The summed E-state index contributed by atoms with van der Waals surface area (Å²) in [5.74, 6) is 1.29. The summed E-state index contributed by atoms with van der Waals surface area (Å²) >= 11 is 0. The summed E-state index contributed by atoms with van der Waals surface area (Å²) in [5.41, 5.74) is 0.750. The molecule has 0 saturated carbocycles. The first-order chi connectivity index (χ1) is 9.73. The van der Waals surface area contributed by atoms with Crippen molar-refractivity contribution in [2.24, 2.45) is 0 Å². The van der Waals surface area contributed by atoms with E-state index in [0.717, 1.165) is 5.56 Å². The van der Waals surface area contributed by atoms with Crippen LogP contribution in [0.4, 0.5) is 0 Å². The molecule has 6 nitrogen and oxygen atoms in total. The molecule has 21 heavy (non-hydrogen) atoms. The number of hydrogen-bond acceptors (Lipinski definition) is 4. The fraction of sp³-hybridized carbons (Fsp3) is 0.571. The molecule has 7 heteroatoms. The summed E-state index contributed by atoms with van der Waals surface area (Å²) in [4.78, 5) is 0. The van der Waals surface area contributed by atoms with E-state index >= 15 is 0 Å². The van der Waals surface area contributed by atoms with Gasteiger partial charge in [-0.1, -0.05) is 0 Å². The molecular formula is C14H24N2O4S. The molecule has 0 aliphatic heterocycles. The molecule has 1 aromatic rings. The molecule has 1 aromatic carbocycles. The van der Waals surface area contributed by atoms with Crippen molar-refractivity contribution in [2.45, 2.75) is 26.4 Å². The number of benzene rings is 1. The lowest BCUT2D eigenvalue weighted by Gasteiger charge is -2.27. The average molecular weight is 316 g/mol. The minimum atomic E-state index is -3.51. The Bertz CT molecular complexity index is 572. The summed E-state index contributed by atoms with van der Waals surface area (Å²) in [7, 11) is 2.73. The maximum atomic E-state index is 12.4. The van der Waals surface area contributed by atoms with Crippen LogP contribution in [0.1, 0.15) is 19.4 Å². The molecule has 0 atom stereocenters. The van der Waals surface area contributed by atoms with E-state index in [1.165, 1.54) is 8.61 Å². The Hall–Kier alpha value is -1.31. The minimum Gasteiger partial charge on any atom is -0.497 e. The number of ether oxygens (including phenoxy) is 2. The summed E-state index contributed by atoms with van der Waals surface area (Å²) in [6, 6.07) is 5.21. The van der Waals surface area contributed by atoms with Gasteiger partial charge in [0.1, 0.15) is 11.5 Å². The zero-order valence-electron chi connectivity index (χ0n) is 13.5. The highest BCUT2D eigenvalue weighted by atomic mass is 32.2. The largest absolute Gasteiger partial charge is 0.497 e. The molecule has 0 saturated heterocycles. The third kappa shape index (κ3) is 4.09. The van der Waals surface area contributed by atoms with Gasteiger partial charge in [-0.3, -0.25) is 0 Å². The molecule has 0 spiro atoms. The monoisotopic (exact) mass is 316 g/mol. The van der Waals surface area contributed by atoms with E-state index < -0.39 is 10.2 Å². The lowest BCUT2D eigenvalue weighted by Crippen LogP contribution is -2.42. The Morgan fingerprint density at radius 1 is 1.14 bits per heavy atom. The van der Waals surface area contributed by atoms with Gasteiger partial charge in [0.05, 0.1) is 14.2 Å². The van der Waals surface area contributed by atoms with E-state index in [4.69, 9.17) is 9.47 Å². The number of hydrogen-bond donors (Lipinski definition) is 0. The third-order valence-electron chi connectivity index (χ3n) is 3.37. The van der Waals surface area contributed by atoms with Crippen molar-refractivity contribution in [1.82, 2.24) is 8.61 Å². The van der Waals surface area contributed by atoms with E-state index in [0.29, 0.717) is 11.5 Å². The van der Waals surface area contributed by atoms with Crippen LogP contribution in [0.5, 0.6) is 11.5 Å². The van der Waals surface area contributed by atoms with Gasteiger partial charge in [-0.05, 0) is 32.0 Å². The van der Waals surface area contributed by atoms with Gasteiger partial charge in [0.2, 0.25) is 0 Å². The van der Waals surface area contributed by atoms with Crippen molar-refractivity contribution in [3.63, 3.8) is 0 Å². The Kier molecular flexibility index (Phi) is 6.00. The van der Waals surface area contributed by atoms with Crippen LogP contribution in [0, 0.1) is 0 Å². The number of rotatable bonds is 7. The molecular weight excluding hydrogens is 292 g/mol. The fourth-order valence-corrected chi connectivity index (χ4v) is 3.09. The van der Waals surface area contributed by atoms with Crippen molar-refractivity contribution < 1.29 is 17.9 Å². The SMILES string of the molecule is COc1ccc(OC)c(CN(C)S(=O)(=O)N(C)C(C)C)c1. The molecule has 0 fully saturated rings. The van der Waals surface area contributed by atoms with Gasteiger partial charge < -0.3 is 9.47 Å². The Labute approximate surface area is 127 Å². The molecule has 0 bridgehead atoms. The Morgan fingerprint density at radius 2 is 1.76 bits per heavy atom. The highest BCUT2D eigenvalue weighted by Gasteiger charge is 2.26. The summed E-state index contributed by atoms with van der Waals surface area (Å²) in [6.45, 7) is 3.87. The van der Waals surface area contributed by atoms with Crippen LogP contribution in [0.2, 0.25) is 0 Å². The van der Waals surface area contributed by atoms with Crippen molar-refractivity contribution in [2.75, 3.05) is 28.3 Å². The first kappa shape index (κ1) is 17.7. The molecule has 0 aliphatic carbocycles. The van der Waals surface area contributed by atoms with Crippen molar-refractivity contribution in [1.29, 1.82) is 0 Å². The molecule has 0 heterocycles. The lowest BCUT2D eigenvalue weighted by atomic mass is 10.2. The molecule has 0 N–H and O–H groups in total. The second-order valence-corrected chi connectivity index (χ2v) is 7.15. The van der Waals surface area contributed by atoms with Crippen molar-refractivity contribution in [3.8, 4) is 11.5 Å². The normalized spacial score (nSPS) is 12.2. The number of nitrogens with zero attached hydrogens (tertiary/aromatic N) is 2. The van der Waals surface area contributed by atoms with E-state index in [-0.39, 0.29) is 12.6 Å². The van der Waals surface area contributed by atoms with Gasteiger partial charge in [0.25, 0.3) is 10.2 Å². The zero-order chi connectivity index (χ0) is 16.2. The molecule has 0 radical (unpaired) electrons. The summed E-state index contributed by atoms with van der Waals surface area (Å²) in [5, 5.41) is 0. The van der Waals surface area contributed by atoms with Crippen molar-refractivity contribution in [3.05, 3.63) is 23.8 Å². The smallest absolute Gasteiger partial charge is 0.282 e. The topological polar surface area (TPSA) is 59.1 Å². The van der Waals surface area contributed by atoms with Gasteiger partial charge in [0, 0.05) is 32.2 Å². The standard InChI is InChI=1S/C14H24N2O4S/c1-11(2)16(4)21(17,18)15(3)10-12-9-13(19-5)7-8-14(12)20-6/h7-9,11H,10H2,1-6H3. The quantitative estimate of drug-likeness (QED) is 0.768. The predicted molar refractivity (Wildman–Crippen MR) is 82.8 cm³/mol. The van der Waals surface area contributed by atoms with Gasteiger partial charge in [-0.2, -0.15) is 17.0 Å². The first-order valence-corrected chi connectivity index (χ1v) is 8.04. The van der Waals surface area contributed by atoms with Crippen LogP contribution in [0.3, 0.4) is 0 Å². The Morgan fingerprint density at radius 3 is 2.24 bits per heavy atom. The van der Waals surface area contributed by atoms with Crippen LogP contribution in [0.25, 0.3) is 0 Å². The van der Waals surface area contributed by atoms with Gasteiger partial charge in [-0.15, -0.1) is 0 Å². The average Bonchev–Trinajstić information content (AvgIpc) is 2.45. The van der Waals surface area contributed by atoms with Gasteiger partial charge in [0.15, 0.2) is 0 Å². The summed E-state index contributed by atoms with van der Waals surface area (Å²) < 4.78 is 37.9. The molecule has 0 unspecified atom stereocenters. The minimum absolute atomic E-state index is 0.107. The van der Waals surface area contributed by atoms with Crippen LogP contribution in [0.15, 0.2) is 18.2 Å². The van der Waals surface area contributed by atoms with Gasteiger partial charge in [-0.25, -0.2) is 0 Å². The molecule has 0 aliphatic rings. The highest BCUT2D eigenvalue weighted by molar-refractivity contribution is 7.86. The summed E-state index contributed by atoms with van der Waals surface area (Å²) in [6.07, 6.45) is 0. The molecule has 0 aromatic heterocycles. The molecule has 1 rings (SSSR count). The van der Waals surface area contributed by atoms with Crippen LogP contribution < -0.4 is 9.47 Å². The maximum absolute atomic E-state index is 12.4. The zero-order valence-corrected chi connectivity index (χ0v) is 14.3. The maximum Gasteiger partial charge on any atom is 0.282 e. The van der Waals surface area contributed by atoms with Crippen LogP contribution in [-0.4, -0.2) is 51.4 Å². The van der Waals surface area contributed by atoms with Crippen LogP contribution >= 0.6 is 0 Å². The highest BCUT2D eigenvalue weighted by Crippen LogP contribution is 2.26. The molecule has 120 valence electrons. The predicted octanol–water partition coefficient (Wildman–Crippen LogP) is 1.72. The van der Waals surface area contributed by atoms with E-state index in [1.54, 1.807) is 46.5 Å². The molecule has 0 amide bonds. The number of methoxy groups -OCH3 is 2. The van der Waals surface area contributed by atoms with Crippen molar-refractivity contribution >= 4 is 10.2 Å². The Balaban J connectivity index is 3.05. The lowest BCUT2D eigenvalue weighted by molar-refractivity contribution is 0.349. The van der Waals surface area contributed by atoms with Crippen LogP contribution in [-0.2, 0) is 16.8 Å². The van der Waals surface area contributed by atoms with E-state index in [2.05, 4.69) is 0 Å². The first-order valence-electron chi connectivity index (χ1n) is 6.64. The fourth-order valence-electron chi connectivity index (χ4n) is 1.81. The van der Waals surface area contributed by atoms with Gasteiger partial charge >= 0.3 is 0 Å². The van der Waals surface area contributed by atoms with E-state index in [1.807, 2.05) is 13.8 Å². The van der Waals surface area contributed by atoms with E-state index in [9.17, 15) is 8.42 Å². The second kappa shape index (κ2) is 7.11. The second-order valence-electron chi connectivity index (χ2n) is 5.05.